The van der Waals surface area contributed by atoms with Gasteiger partial charge >= 0.3 is 0 Å². The molecule has 3 aromatic heterocycles. The Labute approximate surface area is 145 Å². The molecule has 1 N–H and O–H groups in total. The van der Waals surface area contributed by atoms with Crippen molar-refractivity contribution in [2.75, 3.05) is 12.4 Å². The highest BCUT2D eigenvalue weighted by atomic mass is 16.5. The van der Waals surface area contributed by atoms with Crippen molar-refractivity contribution in [1.82, 2.24) is 19.5 Å². The molecule has 1 aromatic carbocycles. The van der Waals surface area contributed by atoms with Crippen LogP contribution in [0.25, 0.3) is 22.6 Å². The minimum atomic E-state index is 0.723. The molecular weight excluding hydrogens is 314 g/mol. The van der Waals surface area contributed by atoms with E-state index < -0.39 is 0 Å². The fraction of sp³-hybridized carbons (Fsp3) is 0.105. The van der Waals surface area contributed by atoms with Gasteiger partial charge in [0.05, 0.1) is 18.1 Å². The SMILES string of the molecule is COc1ccc2c(c1)nc(-c1cccc(Nc3ccccn3)n1)n2C. The molecule has 0 saturated heterocycles. The number of hydrogen-bond donors (Lipinski definition) is 1. The highest BCUT2D eigenvalue weighted by molar-refractivity contribution is 5.81. The van der Waals surface area contributed by atoms with Crippen LogP contribution in [0.15, 0.2) is 60.8 Å². The molecule has 4 rings (SSSR count). The summed E-state index contributed by atoms with van der Waals surface area (Å²) in [7, 11) is 3.64. The van der Waals surface area contributed by atoms with Gasteiger partial charge in [0.1, 0.15) is 23.1 Å². The molecule has 0 amide bonds. The van der Waals surface area contributed by atoms with Gasteiger partial charge in [-0.15, -0.1) is 0 Å². The molecule has 4 aromatic rings. The monoisotopic (exact) mass is 331 g/mol. The summed E-state index contributed by atoms with van der Waals surface area (Å²) in [5, 5.41) is 3.21. The zero-order valence-electron chi connectivity index (χ0n) is 14.0. The minimum Gasteiger partial charge on any atom is -0.497 e. The van der Waals surface area contributed by atoms with Gasteiger partial charge in [0.15, 0.2) is 5.82 Å². The Balaban J connectivity index is 1.73. The number of nitrogens with zero attached hydrogens (tertiary/aromatic N) is 4. The van der Waals surface area contributed by atoms with Crippen LogP contribution in [-0.4, -0.2) is 26.6 Å². The lowest BCUT2D eigenvalue weighted by molar-refractivity contribution is 0.415. The lowest BCUT2D eigenvalue weighted by atomic mass is 10.3. The number of rotatable bonds is 4. The first-order valence-corrected chi connectivity index (χ1v) is 7.90. The zero-order valence-corrected chi connectivity index (χ0v) is 14.0. The van der Waals surface area contributed by atoms with E-state index in [9.17, 15) is 0 Å². The predicted molar refractivity (Wildman–Crippen MR) is 98.0 cm³/mol. The number of benzene rings is 1. The summed E-state index contributed by atoms with van der Waals surface area (Å²) in [5.41, 5.74) is 2.70. The van der Waals surface area contributed by atoms with E-state index in [1.54, 1.807) is 13.3 Å². The number of hydrogen-bond acceptors (Lipinski definition) is 5. The molecule has 6 heteroatoms. The molecule has 25 heavy (non-hydrogen) atoms. The van der Waals surface area contributed by atoms with E-state index in [2.05, 4.69) is 15.3 Å². The minimum absolute atomic E-state index is 0.723. The number of methoxy groups -OCH3 is 1. The molecule has 0 unspecified atom stereocenters. The Morgan fingerprint density at radius 1 is 0.960 bits per heavy atom. The van der Waals surface area contributed by atoms with Crippen LogP contribution in [0.3, 0.4) is 0 Å². The third kappa shape index (κ3) is 2.89. The first-order valence-electron chi connectivity index (χ1n) is 7.90. The number of pyridine rings is 2. The van der Waals surface area contributed by atoms with Crippen molar-refractivity contribution >= 4 is 22.7 Å². The molecule has 0 bridgehead atoms. The maximum Gasteiger partial charge on any atom is 0.159 e. The topological polar surface area (TPSA) is 64.9 Å². The smallest absolute Gasteiger partial charge is 0.159 e. The number of aromatic nitrogens is 4. The highest BCUT2D eigenvalue weighted by Crippen LogP contribution is 2.26. The van der Waals surface area contributed by atoms with Gasteiger partial charge in [0.25, 0.3) is 0 Å². The summed E-state index contributed by atoms with van der Waals surface area (Å²) < 4.78 is 7.31. The van der Waals surface area contributed by atoms with Crippen molar-refractivity contribution in [3.8, 4) is 17.3 Å². The van der Waals surface area contributed by atoms with Crippen molar-refractivity contribution in [2.24, 2.45) is 7.05 Å². The first kappa shape index (κ1) is 15.1. The summed E-state index contributed by atoms with van der Waals surface area (Å²) in [6, 6.07) is 17.4. The maximum absolute atomic E-state index is 5.28. The molecule has 0 radical (unpaired) electrons. The average Bonchev–Trinajstić information content (AvgIpc) is 2.99. The van der Waals surface area contributed by atoms with E-state index in [4.69, 9.17) is 9.72 Å². The molecule has 3 heterocycles. The quantitative estimate of drug-likeness (QED) is 0.616. The molecular formula is C19H17N5O. The summed E-state index contributed by atoms with van der Waals surface area (Å²) >= 11 is 0. The van der Waals surface area contributed by atoms with E-state index in [1.807, 2.05) is 66.2 Å². The lowest BCUT2D eigenvalue weighted by Gasteiger charge is -2.07. The van der Waals surface area contributed by atoms with Crippen molar-refractivity contribution in [3.05, 3.63) is 60.8 Å². The standard InChI is InChI=1S/C19H17N5O/c1-24-16-10-9-13(25-2)12-15(16)22-19(24)14-6-5-8-18(21-14)23-17-7-3-4-11-20-17/h3-12H,1-2H3,(H,20,21,23). The third-order valence-corrected chi connectivity index (χ3v) is 3.99. The second-order valence-corrected chi connectivity index (χ2v) is 5.60. The lowest BCUT2D eigenvalue weighted by Crippen LogP contribution is -1.99. The Kier molecular flexibility index (Phi) is 3.78. The average molecular weight is 331 g/mol. The van der Waals surface area contributed by atoms with Gasteiger partial charge < -0.3 is 14.6 Å². The maximum atomic E-state index is 5.28. The number of fused-ring (bicyclic) bond motifs is 1. The van der Waals surface area contributed by atoms with Crippen LogP contribution in [0.2, 0.25) is 0 Å². The van der Waals surface area contributed by atoms with E-state index in [0.29, 0.717) is 0 Å². The Morgan fingerprint density at radius 3 is 2.64 bits per heavy atom. The number of imidazole rings is 1. The molecule has 124 valence electrons. The molecule has 0 aliphatic rings. The van der Waals surface area contributed by atoms with Crippen LogP contribution in [0.5, 0.6) is 5.75 Å². The normalized spacial score (nSPS) is 10.8. The van der Waals surface area contributed by atoms with Crippen LogP contribution in [0, 0.1) is 0 Å². The summed E-state index contributed by atoms with van der Waals surface area (Å²) in [6.07, 6.45) is 1.74. The van der Waals surface area contributed by atoms with Gasteiger partial charge in [0, 0.05) is 19.3 Å². The van der Waals surface area contributed by atoms with E-state index in [-0.39, 0.29) is 0 Å². The molecule has 0 fully saturated rings. The van der Waals surface area contributed by atoms with Crippen LogP contribution in [-0.2, 0) is 7.05 Å². The van der Waals surface area contributed by atoms with Crippen LogP contribution in [0.4, 0.5) is 11.6 Å². The van der Waals surface area contributed by atoms with Gasteiger partial charge in [-0.05, 0) is 36.4 Å². The number of ether oxygens (including phenoxy) is 1. The van der Waals surface area contributed by atoms with Gasteiger partial charge in [0.2, 0.25) is 0 Å². The highest BCUT2D eigenvalue weighted by Gasteiger charge is 2.12. The van der Waals surface area contributed by atoms with Gasteiger partial charge in [-0.2, -0.15) is 0 Å². The Bertz CT molecular complexity index is 1030. The summed E-state index contributed by atoms with van der Waals surface area (Å²) in [4.78, 5) is 13.6. The second-order valence-electron chi connectivity index (χ2n) is 5.60. The molecule has 0 spiro atoms. The van der Waals surface area contributed by atoms with Crippen molar-refractivity contribution in [2.45, 2.75) is 0 Å². The van der Waals surface area contributed by atoms with Gasteiger partial charge in [-0.25, -0.2) is 15.0 Å². The Hall–Kier alpha value is -3.41. The van der Waals surface area contributed by atoms with Crippen LogP contribution >= 0.6 is 0 Å². The first-order chi connectivity index (χ1) is 12.2. The van der Waals surface area contributed by atoms with Gasteiger partial charge in [-0.3, -0.25) is 0 Å². The van der Waals surface area contributed by atoms with Crippen molar-refractivity contribution in [3.63, 3.8) is 0 Å². The molecule has 0 saturated carbocycles. The molecule has 0 atom stereocenters. The van der Waals surface area contributed by atoms with Crippen molar-refractivity contribution < 1.29 is 4.74 Å². The largest absolute Gasteiger partial charge is 0.497 e. The fourth-order valence-electron chi connectivity index (χ4n) is 2.73. The molecule has 0 aliphatic carbocycles. The molecule has 0 aliphatic heterocycles. The van der Waals surface area contributed by atoms with Crippen LogP contribution < -0.4 is 10.1 Å². The third-order valence-electron chi connectivity index (χ3n) is 3.99. The number of nitrogens with one attached hydrogen (secondary N) is 1. The van der Waals surface area contributed by atoms with E-state index >= 15 is 0 Å². The van der Waals surface area contributed by atoms with E-state index in [0.717, 1.165) is 39.9 Å². The molecule has 6 nitrogen and oxygen atoms in total. The fourth-order valence-corrected chi connectivity index (χ4v) is 2.73. The van der Waals surface area contributed by atoms with E-state index in [1.165, 1.54) is 0 Å². The van der Waals surface area contributed by atoms with Crippen molar-refractivity contribution in [1.29, 1.82) is 0 Å². The summed E-state index contributed by atoms with van der Waals surface area (Å²) in [5.74, 6) is 3.06. The Morgan fingerprint density at radius 2 is 1.84 bits per heavy atom. The van der Waals surface area contributed by atoms with Crippen LogP contribution in [0.1, 0.15) is 0 Å². The number of anilines is 2. The summed E-state index contributed by atoms with van der Waals surface area (Å²) in [6.45, 7) is 0. The number of aryl methyl sites for hydroxylation is 1. The van der Waals surface area contributed by atoms with Gasteiger partial charge in [-0.1, -0.05) is 12.1 Å². The zero-order chi connectivity index (χ0) is 17.2. The predicted octanol–water partition coefficient (Wildman–Crippen LogP) is 3.78. The second kappa shape index (κ2) is 6.24.